The Morgan fingerprint density at radius 3 is 1.78 bits per heavy atom. The van der Waals surface area contributed by atoms with Gasteiger partial charge in [0, 0.05) is 23.5 Å². The zero-order chi connectivity index (χ0) is 19.6. The second-order valence-electron chi connectivity index (χ2n) is 6.01. The van der Waals surface area contributed by atoms with E-state index < -0.39 is 0 Å². The zero-order valence-corrected chi connectivity index (χ0v) is 16.1. The first kappa shape index (κ1) is 19.0. The third kappa shape index (κ3) is 3.97. The Hall–Kier alpha value is -2.82. The first-order chi connectivity index (χ1) is 12.9. The maximum Gasteiger partial charge on any atom is 0.116 e. The number of nitrogens with two attached hydrogens (primary N) is 2. The molecule has 4 aromatic carbocycles. The van der Waals surface area contributed by atoms with Gasteiger partial charge in [0.2, 0.25) is 0 Å². The Balaban J connectivity index is 0.000000156. The fourth-order valence-electron chi connectivity index (χ4n) is 2.78. The first-order valence-corrected chi connectivity index (χ1v) is 8.98. The highest BCUT2D eigenvalue weighted by atomic mass is 35.5. The number of anilines is 3. The molecule has 138 valence electrons. The second-order valence-corrected chi connectivity index (χ2v) is 6.83. The molecule has 0 bridgehead atoms. The molecule has 0 aromatic heterocycles. The highest BCUT2D eigenvalue weighted by Gasteiger charge is 2.03. The van der Waals surface area contributed by atoms with E-state index in [1.54, 1.807) is 24.3 Å². The van der Waals surface area contributed by atoms with Gasteiger partial charge in [0.25, 0.3) is 0 Å². The van der Waals surface area contributed by atoms with Crippen LogP contribution in [0.15, 0.2) is 60.7 Å². The molecule has 4 aromatic rings. The molecule has 0 amide bonds. The van der Waals surface area contributed by atoms with Gasteiger partial charge in [0.1, 0.15) is 5.75 Å². The van der Waals surface area contributed by atoms with Crippen molar-refractivity contribution >= 4 is 61.8 Å². The molecule has 0 saturated heterocycles. The summed E-state index contributed by atoms with van der Waals surface area (Å²) in [6, 6.07) is 18.5. The number of phenols is 1. The van der Waals surface area contributed by atoms with Gasteiger partial charge in [-0.3, -0.25) is 0 Å². The van der Waals surface area contributed by atoms with Gasteiger partial charge >= 0.3 is 0 Å². The van der Waals surface area contributed by atoms with Gasteiger partial charge in [-0.1, -0.05) is 47.5 Å². The van der Waals surface area contributed by atoms with Gasteiger partial charge in [0.15, 0.2) is 0 Å². The minimum Gasteiger partial charge on any atom is -0.508 e. The standard InChI is InChI=1S/C11H11ClN2.C10H8ClNO/c1-14-8-4-2-7-3-5-10(12)11(13)9(7)6-8;11-9-4-2-6-1-3-7(13)5-8(6)10(9)12/h2-6,14H,13H2,1H3;1-5,13H,12H2. The van der Waals surface area contributed by atoms with Crippen LogP contribution >= 0.6 is 23.2 Å². The minimum atomic E-state index is 0.196. The van der Waals surface area contributed by atoms with Crippen molar-refractivity contribution in [2.45, 2.75) is 0 Å². The van der Waals surface area contributed by atoms with Gasteiger partial charge in [-0.15, -0.1) is 0 Å². The summed E-state index contributed by atoms with van der Waals surface area (Å²) >= 11 is 11.8. The number of phenolic OH excluding ortho intramolecular Hbond substituents is 1. The van der Waals surface area contributed by atoms with E-state index in [0.29, 0.717) is 21.4 Å². The van der Waals surface area contributed by atoms with Crippen molar-refractivity contribution < 1.29 is 5.11 Å². The van der Waals surface area contributed by atoms with E-state index in [-0.39, 0.29) is 5.75 Å². The molecule has 0 unspecified atom stereocenters. The Labute approximate surface area is 167 Å². The molecule has 4 nitrogen and oxygen atoms in total. The van der Waals surface area contributed by atoms with E-state index in [1.807, 2.05) is 43.4 Å². The number of nitrogen functional groups attached to an aromatic ring is 2. The van der Waals surface area contributed by atoms with Crippen LogP contribution in [0.3, 0.4) is 0 Å². The van der Waals surface area contributed by atoms with Crippen LogP contribution in [-0.2, 0) is 0 Å². The lowest BCUT2D eigenvalue weighted by Crippen LogP contribution is -1.91. The summed E-state index contributed by atoms with van der Waals surface area (Å²) in [6.07, 6.45) is 0. The Morgan fingerprint density at radius 1 is 0.741 bits per heavy atom. The summed E-state index contributed by atoms with van der Waals surface area (Å²) in [5.74, 6) is 0.196. The van der Waals surface area contributed by atoms with E-state index in [0.717, 1.165) is 27.2 Å². The number of hydrogen-bond donors (Lipinski definition) is 4. The molecule has 0 aliphatic rings. The fraction of sp³-hybridized carbons (Fsp3) is 0.0476. The molecule has 0 atom stereocenters. The molecule has 27 heavy (non-hydrogen) atoms. The molecule has 4 rings (SSSR count). The number of hydrogen-bond acceptors (Lipinski definition) is 4. The first-order valence-electron chi connectivity index (χ1n) is 8.23. The lowest BCUT2D eigenvalue weighted by molar-refractivity contribution is 0.476. The summed E-state index contributed by atoms with van der Waals surface area (Å²) < 4.78 is 0. The maximum absolute atomic E-state index is 9.25. The summed E-state index contributed by atoms with van der Waals surface area (Å²) in [6.45, 7) is 0. The highest BCUT2D eigenvalue weighted by molar-refractivity contribution is 6.35. The number of aromatic hydroxyl groups is 1. The average Bonchev–Trinajstić information content (AvgIpc) is 2.68. The topological polar surface area (TPSA) is 84.3 Å². The molecule has 0 saturated carbocycles. The van der Waals surface area contributed by atoms with E-state index in [4.69, 9.17) is 34.7 Å². The Bertz CT molecular complexity index is 1120. The van der Waals surface area contributed by atoms with Crippen molar-refractivity contribution in [1.29, 1.82) is 0 Å². The molecular formula is C21H19Cl2N3O. The van der Waals surface area contributed by atoms with Crippen LogP contribution in [0.4, 0.5) is 17.1 Å². The molecule has 0 heterocycles. The molecule has 0 radical (unpaired) electrons. The molecule has 6 N–H and O–H groups in total. The predicted molar refractivity (Wildman–Crippen MR) is 118 cm³/mol. The van der Waals surface area contributed by atoms with Crippen molar-refractivity contribution in [3.05, 3.63) is 70.7 Å². The third-order valence-electron chi connectivity index (χ3n) is 4.29. The molecule has 0 aliphatic heterocycles. The second kappa shape index (κ2) is 7.82. The van der Waals surface area contributed by atoms with Crippen LogP contribution in [0.1, 0.15) is 0 Å². The number of rotatable bonds is 1. The van der Waals surface area contributed by atoms with Crippen LogP contribution in [-0.4, -0.2) is 12.2 Å². The summed E-state index contributed by atoms with van der Waals surface area (Å²) in [5, 5.41) is 17.3. The highest BCUT2D eigenvalue weighted by Crippen LogP contribution is 2.31. The largest absolute Gasteiger partial charge is 0.508 e. The van der Waals surface area contributed by atoms with E-state index >= 15 is 0 Å². The van der Waals surface area contributed by atoms with E-state index in [2.05, 4.69) is 5.32 Å². The Kier molecular flexibility index (Phi) is 5.49. The third-order valence-corrected chi connectivity index (χ3v) is 4.95. The predicted octanol–water partition coefficient (Wildman–Crippen LogP) is 5.90. The smallest absolute Gasteiger partial charge is 0.116 e. The van der Waals surface area contributed by atoms with Gasteiger partial charge in [0.05, 0.1) is 21.4 Å². The molecule has 0 fully saturated rings. The summed E-state index contributed by atoms with van der Waals surface area (Å²) in [5.41, 5.74) is 13.8. The van der Waals surface area contributed by atoms with Gasteiger partial charge < -0.3 is 21.9 Å². The fourth-order valence-corrected chi connectivity index (χ4v) is 3.11. The molecule has 6 heteroatoms. The lowest BCUT2D eigenvalue weighted by Gasteiger charge is -2.06. The molecule has 0 spiro atoms. The van der Waals surface area contributed by atoms with Crippen molar-refractivity contribution in [3.8, 4) is 5.75 Å². The van der Waals surface area contributed by atoms with Crippen molar-refractivity contribution in [2.75, 3.05) is 23.8 Å². The normalized spacial score (nSPS) is 10.5. The Morgan fingerprint density at radius 2 is 1.22 bits per heavy atom. The van der Waals surface area contributed by atoms with Crippen LogP contribution in [0.2, 0.25) is 10.0 Å². The monoisotopic (exact) mass is 399 g/mol. The number of fused-ring (bicyclic) bond motifs is 2. The van der Waals surface area contributed by atoms with Crippen LogP contribution in [0, 0.1) is 0 Å². The number of benzene rings is 4. The van der Waals surface area contributed by atoms with Crippen LogP contribution in [0.25, 0.3) is 21.5 Å². The van der Waals surface area contributed by atoms with Gasteiger partial charge in [-0.05, 0) is 47.2 Å². The maximum atomic E-state index is 9.25. The quantitative estimate of drug-likeness (QED) is 0.300. The summed E-state index contributed by atoms with van der Waals surface area (Å²) in [7, 11) is 1.88. The van der Waals surface area contributed by atoms with Crippen molar-refractivity contribution in [2.24, 2.45) is 0 Å². The van der Waals surface area contributed by atoms with Crippen molar-refractivity contribution in [1.82, 2.24) is 0 Å². The zero-order valence-electron chi connectivity index (χ0n) is 14.6. The number of halogens is 2. The lowest BCUT2D eigenvalue weighted by atomic mass is 10.1. The van der Waals surface area contributed by atoms with Crippen molar-refractivity contribution in [3.63, 3.8) is 0 Å². The van der Waals surface area contributed by atoms with Gasteiger partial charge in [-0.2, -0.15) is 0 Å². The van der Waals surface area contributed by atoms with Crippen LogP contribution in [0.5, 0.6) is 5.75 Å². The molecular weight excluding hydrogens is 381 g/mol. The molecule has 0 aliphatic carbocycles. The number of nitrogens with one attached hydrogen (secondary N) is 1. The van der Waals surface area contributed by atoms with E-state index in [9.17, 15) is 5.11 Å². The van der Waals surface area contributed by atoms with Crippen LogP contribution < -0.4 is 16.8 Å². The summed E-state index contributed by atoms with van der Waals surface area (Å²) in [4.78, 5) is 0. The minimum absolute atomic E-state index is 0.196. The van der Waals surface area contributed by atoms with Gasteiger partial charge in [-0.25, -0.2) is 0 Å². The van der Waals surface area contributed by atoms with E-state index in [1.165, 1.54) is 0 Å². The SMILES string of the molecule is CNc1ccc2ccc(Cl)c(N)c2c1.Nc1c(Cl)ccc2ccc(O)cc12. The average molecular weight is 400 g/mol.